The van der Waals surface area contributed by atoms with Crippen molar-refractivity contribution >= 4 is 55.8 Å². The van der Waals surface area contributed by atoms with Gasteiger partial charge in [-0.3, -0.25) is 4.79 Å². The summed E-state index contributed by atoms with van der Waals surface area (Å²) in [6, 6.07) is 15.4. The van der Waals surface area contributed by atoms with Gasteiger partial charge in [0.05, 0.1) is 10.2 Å². The first kappa shape index (κ1) is 18.2. The van der Waals surface area contributed by atoms with Crippen LogP contribution in [-0.4, -0.2) is 20.7 Å². The van der Waals surface area contributed by atoms with Gasteiger partial charge in [0.15, 0.2) is 5.78 Å². The molecule has 0 unspecified atom stereocenters. The number of nitrogens with one attached hydrogen (secondary N) is 3. The van der Waals surface area contributed by atoms with Crippen LogP contribution in [0.15, 0.2) is 65.4 Å². The number of Topliss-reactive ketones (excluding diaryl/α,β-unsaturated/α-hetero) is 1. The molecule has 0 aliphatic rings. The van der Waals surface area contributed by atoms with Crippen molar-refractivity contribution in [2.45, 2.75) is 13.3 Å². The predicted molar refractivity (Wildman–Crippen MR) is 116 cm³/mol. The number of para-hydroxylation sites is 1. The molecule has 0 atom stereocenters. The third-order valence-electron chi connectivity index (χ3n) is 4.36. The first-order chi connectivity index (χ1) is 13.6. The monoisotopic (exact) mass is 435 g/mol. The van der Waals surface area contributed by atoms with Gasteiger partial charge in [-0.1, -0.05) is 19.1 Å². The lowest BCUT2D eigenvalue weighted by molar-refractivity contribution is 0.0989. The van der Waals surface area contributed by atoms with Crippen molar-refractivity contribution in [1.82, 2.24) is 15.0 Å². The highest BCUT2D eigenvalue weighted by atomic mass is 79.9. The minimum absolute atomic E-state index is 0.0754. The fourth-order valence-electron chi connectivity index (χ4n) is 2.93. The minimum atomic E-state index is 0.0754. The standard InChI is InChI=1S/C21H18BrN5O/c1-2-19(28)15-5-3-4-6-18(15)26-20-16(22)12-24-21(27-20)25-14-7-8-17-13(11-14)9-10-23-17/h3-12,23H,2H2,1H3,(H2,24,25,26,27). The highest BCUT2D eigenvalue weighted by molar-refractivity contribution is 9.10. The molecule has 140 valence electrons. The summed E-state index contributed by atoms with van der Waals surface area (Å²) < 4.78 is 0.706. The largest absolute Gasteiger partial charge is 0.361 e. The number of rotatable bonds is 6. The van der Waals surface area contributed by atoms with Crippen LogP contribution in [0, 0.1) is 0 Å². The molecule has 0 amide bonds. The van der Waals surface area contributed by atoms with Crippen molar-refractivity contribution in [2.75, 3.05) is 10.6 Å². The number of nitrogens with zero attached hydrogens (tertiary/aromatic N) is 2. The zero-order valence-corrected chi connectivity index (χ0v) is 16.7. The SMILES string of the molecule is CCC(=O)c1ccccc1Nc1nc(Nc2ccc3[nH]ccc3c2)ncc1Br. The van der Waals surface area contributed by atoms with Gasteiger partial charge in [-0.2, -0.15) is 4.98 Å². The van der Waals surface area contributed by atoms with Crippen molar-refractivity contribution in [1.29, 1.82) is 0 Å². The molecule has 6 nitrogen and oxygen atoms in total. The Hall–Kier alpha value is -3.19. The Morgan fingerprint density at radius 1 is 1.14 bits per heavy atom. The summed E-state index contributed by atoms with van der Waals surface area (Å²) in [7, 11) is 0. The zero-order valence-electron chi connectivity index (χ0n) is 15.2. The molecule has 2 aromatic carbocycles. The van der Waals surface area contributed by atoms with Crippen molar-refractivity contribution in [3.8, 4) is 0 Å². The number of hydrogen-bond acceptors (Lipinski definition) is 5. The first-order valence-electron chi connectivity index (χ1n) is 8.90. The third-order valence-corrected chi connectivity index (χ3v) is 4.94. The van der Waals surface area contributed by atoms with E-state index in [9.17, 15) is 4.79 Å². The summed E-state index contributed by atoms with van der Waals surface area (Å²) in [5.74, 6) is 1.11. The number of carbonyl (C=O) groups is 1. The van der Waals surface area contributed by atoms with Gasteiger partial charge in [0.25, 0.3) is 0 Å². The van der Waals surface area contributed by atoms with Gasteiger partial charge in [0.2, 0.25) is 5.95 Å². The summed E-state index contributed by atoms with van der Waals surface area (Å²) >= 11 is 3.48. The van der Waals surface area contributed by atoms with Crippen LogP contribution in [0.2, 0.25) is 0 Å². The van der Waals surface area contributed by atoms with Crippen LogP contribution in [0.1, 0.15) is 23.7 Å². The van der Waals surface area contributed by atoms with Gasteiger partial charge in [0.1, 0.15) is 5.82 Å². The average molecular weight is 436 g/mol. The van der Waals surface area contributed by atoms with Crippen LogP contribution in [0.4, 0.5) is 23.1 Å². The Morgan fingerprint density at radius 2 is 2.00 bits per heavy atom. The second kappa shape index (κ2) is 7.82. The fraction of sp³-hybridized carbons (Fsp3) is 0.0952. The molecule has 4 aromatic rings. The predicted octanol–water partition coefficient (Wildman–Crippen LogP) is 5.80. The lowest BCUT2D eigenvalue weighted by atomic mass is 10.1. The van der Waals surface area contributed by atoms with Crippen molar-refractivity contribution in [2.24, 2.45) is 0 Å². The van der Waals surface area contributed by atoms with E-state index in [2.05, 4.69) is 41.5 Å². The molecule has 2 heterocycles. The van der Waals surface area contributed by atoms with Crippen LogP contribution < -0.4 is 10.6 Å². The van der Waals surface area contributed by atoms with Crippen LogP contribution >= 0.6 is 15.9 Å². The number of H-pyrrole nitrogens is 1. The highest BCUT2D eigenvalue weighted by Crippen LogP contribution is 2.28. The van der Waals surface area contributed by atoms with Crippen LogP contribution in [0.3, 0.4) is 0 Å². The number of aromatic nitrogens is 3. The number of anilines is 4. The van der Waals surface area contributed by atoms with E-state index in [1.807, 2.05) is 61.7 Å². The zero-order chi connectivity index (χ0) is 19.5. The molecule has 3 N–H and O–H groups in total. The Balaban J connectivity index is 1.62. The van der Waals surface area contributed by atoms with Crippen LogP contribution in [-0.2, 0) is 0 Å². The van der Waals surface area contributed by atoms with Gasteiger partial charge in [-0.25, -0.2) is 4.98 Å². The van der Waals surface area contributed by atoms with Gasteiger partial charge >= 0.3 is 0 Å². The minimum Gasteiger partial charge on any atom is -0.361 e. The van der Waals surface area contributed by atoms with Crippen LogP contribution in [0.5, 0.6) is 0 Å². The molecule has 0 spiro atoms. The van der Waals surface area contributed by atoms with Gasteiger partial charge in [-0.05, 0) is 52.3 Å². The first-order valence-corrected chi connectivity index (χ1v) is 9.69. The van der Waals surface area contributed by atoms with Gasteiger partial charge in [-0.15, -0.1) is 0 Å². The Kier molecular flexibility index (Phi) is 5.08. The molecular weight excluding hydrogens is 418 g/mol. The second-order valence-electron chi connectivity index (χ2n) is 6.24. The molecule has 2 aromatic heterocycles. The second-order valence-corrected chi connectivity index (χ2v) is 7.10. The number of ketones is 1. The lowest BCUT2D eigenvalue weighted by Gasteiger charge is -2.13. The number of aromatic amines is 1. The molecule has 0 bridgehead atoms. The normalized spacial score (nSPS) is 10.8. The van der Waals surface area contributed by atoms with Crippen LogP contribution in [0.25, 0.3) is 10.9 Å². The van der Waals surface area contributed by atoms with E-state index in [-0.39, 0.29) is 5.78 Å². The number of hydrogen-bond donors (Lipinski definition) is 3. The molecule has 7 heteroatoms. The summed E-state index contributed by atoms with van der Waals surface area (Å²) in [4.78, 5) is 24.3. The molecule has 0 saturated carbocycles. The Morgan fingerprint density at radius 3 is 2.86 bits per heavy atom. The lowest BCUT2D eigenvalue weighted by Crippen LogP contribution is -2.05. The van der Waals surface area contributed by atoms with E-state index in [1.54, 1.807) is 6.20 Å². The summed E-state index contributed by atoms with van der Waals surface area (Å²) in [6.45, 7) is 1.85. The van der Waals surface area contributed by atoms with Crippen molar-refractivity contribution < 1.29 is 4.79 Å². The maximum atomic E-state index is 12.2. The maximum Gasteiger partial charge on any atom is 0.229 e. The van der Waals surface area contributed by atoms with E-state index >= 15 is 0 Å². The highest BCUT2D eigenvalue weighted by Gasteiger charge is 2.12. The molecule has 0 aliphatic heterocycles. The van der Waals surface area contributed by atoms with E-state index < -0.39 is 0 Å². The third kappa shape index (κ3) is 3.75. The summed E-state index contributed by atoms with van der Waals surface area (Å²) in [5.41, 5.74) is 3.32. The van der Waals surface area contributed by atoms with Crippen molar-refractivity contribution in [3.63, 3.8) is 0 Å². The average Bonchev–Trinajstić information content (AvgIpc) is 3.18. The Bertz CT molecular complexity index is 1150. The molecular formula is C21H18BrN5O. The quantitative estimate of drug-likeness (QED) is 0.333. The van der Waals surface area contributed by atoms with E-state index in [4.69, 9.17) is 0 Å². The molecule has 0 radical (unpaired) electrons. The molecule has 0 fully saturated rings. The Labute approximate surface area is 170 Å². The number of halogens is 1. The van der Waals surface area contributed by atoms with Gasteiger partial charge in [0, 0.05) is 41.0 Å². The maximum absolute atomic E-state index is 12.2. The summed E-state index contributed by atoms with van der Waals surface area (Å²) in [5, 5.41) is 7.57. The number of fused-ring (bicyclic) bond motifs is 1. The van der Waals surface area contributed by atoms with Crippen molar-refractivity contribution in [3.05, 3.63) is 71.0 Å². The molecule has 0 aliphatic carbocycles. The van der Waals surface area contributed by atoms with E-state index in [0.29, 0.717) is 33.9 Å². The molecule has 4 rings (SSSR count). The molecule has 28 heavy (non-hydrogen) atoms. The molecule has 0 saturated heterocycles. The van der Waals surface area contributed by atoms with E-state index in [1.165, 1.54) is 0 Å². The smallest absolute Gasteiger partial charge is 0.229 e. The number of benzene rings is 2. The summed E-state index contributed by atoms with van der Waals surface area (Å²) in [6.07, 6.45) is 4.02. The number of carbonyl (C=O) groups excluding carboxylic acids is 1. The topological polar surface area (TPSA) is 82.7 Å². The van der Waals surface area contributed by atoms with Gasteiger partial charge < -0.3 is 15.6 Å². The fourth-order valence-corrected chi connectivity index (χ4v) is 3.22. The van der Waals surface area contributed by atoms with E-state index in [0.717, 1.165) is 16.6 Å².